The van der Waals surface area contributed by atoms with Crippen LogP contribution in [0.4, 0.5) is 13.9 Å². The second-order valence-corrected chi connectivity index (χ2v) is 10.0. The number of para-hydroxylation sites is 1. The van der Waals surface area contributed by atoms with E-state index in [1.165, 1.54) is 17.4 Å². The van der Waals surface area contributed by atoms with E-state index in [0.29, 0.717) is 41.6 Å². The van der Waals surface area contributed by atoms with Crippen LogP contribution < -0.4 is 4.90 Å². The van der Waals surface area contributed by atoms with Crippen molar-refractivity contribution in [2.24, 2.45) is 0 Å². The molecule has 6 rings (SSSR count). The number of hydrogen-bond donors (Lipinski definition) is 0. The molecule has 170 valence electrons. The fraction of sp³-hybridized carbons (Fsp3) is 0.160. The number of carbonyl (C=O) groups excluding carboxylic acids is 1. The number of thiophene rings is 1. The average molecular weight is 493 g/mol. The average Bonchev–Trinajstić information content (AvgIpc) is 3.54. The van der Waals surface area contributed by atoms with Crippen molar-refractivity contribution >= 4 is 54.8 Å². The topological polar surface area (TPSA) is 49.3 Å². The van der Waals surface area contributed by atoms with Gasteiger partial charge in [0.1, 0.15) is 11.3 Å². The molecule has 4 heterocycles. The number of nitrogens with zero attached hydrogens (tertiary/aromatic N) is 4. The van der Waals surface area contributed by atoms with Gasteiger partial charge in [-0.2, -0.15) is 0 Å². The predicted molar refractivity (Wildman–Crippen MR) is 133 cm³/mol. The van der Waals surface area contributed by atoms with Crippen molar-refractivity contribution in [3.05, 3.63) is 77.2 Å². The summed E-state index contributed by atoms with van der Waals surface area (Å²) in [5, 5.41) is 3.47. The third kappa shape index (κ3) is 3.70. The van der Waals surface area contributed by atoms with Crippen LogP contribution >= 0.6 is 22.7 Å². The van der Waals surface area contributed by atoms with Crippen molar-refractivity contribution in [3.63, 3.8) is 0 Å². The van der Waals surface area contributed by atoms with Crippen LogP contribution in [-0.2, 0) is 0 Å². The number of benzene rings is 2. The quantitative estimate of drug-likeness (QED) is 0.319. The highest BCUT2D eigenvalue weighted by molar-refractivity contribution is 7.22. The van der Waals surface area contributed by atoms with Gasteiger partial charge in [-0.3, -0.25) is 4.79 Å². The van der Waals surface area contributed by atoms with Crippen molar-refractivity contribution < 1.29 is 13.6 Å². The molecule has 3 aromatic heterocycles. The highest BCUT2D eigenvalue weighted by Crippen LogP contribution is 2.32. The molecule has 1 amide bonds. The van der Waals surface area contributed by atoms with Gasteiger partial charge < -0.3 is 9.80 Å². The number of piperazine rings is 1. The predicted octanol–water partition coefficient (Wildman–Crippen LogP) is 5.81. The van der Waals surface area contributed by atoms with Gasteiger partial charge in [-0.1, -0.05) is 35.6 Å². The zero-order chi connectivity index (χ0) is 23.2. The molecule has 0 radical (unpaired) electrons. The number of hydrogen-bond acceptors (Lipinski definition) is 6. The van der Waals surface area contributed by atoms with Gasteiger partial charge >= 0.3 is 0 Å². The summed E-state index contributed by atoms with van der Waals surface area (Å²) in [6, 6.07) is 15.7. The molecule has 0 unspecified atom stereocenters. The molecule has 0 atom stereocenters. The van der Waals surface area contributed by atoms with E-state index < -0.39 is 11.6 Å². The monoisotopic (exact) mass is 492 g/mol. The molecule has 0 N–H and O–H groups in total. The molecule has 0 aliphatic carbocycles. The number of pyridine rings is 1. The Bertz CT molecular complexity index is 1530. The Morgan fingerprint density at radius 1 is 0.941 bits per heavy atom. The molecule has 0 saturated carbocycles. The fourth-order valence-electron chi connectivity index (χ4n) is 4.25. The third-order valence-corrected chi connectivity index (χ3v) is 7.92. The standard InChI is InChI=1S/C25H18F2N4OS2/c26-15-12-18(27)23-22(13-15)34-25(29-23)31-9-7-30(8-10-31)24(32)17-14-20(21-6-3-11-33-21)28-19-5-2-1-4-16(17)19/h1-6,11-14H,7-10H2. The minimum absolute atomic E-state index is 0.0338. The Morgan fingerprint density at radius 2 is 1.76 bits per heavy atom. The van der Waals surface area contributed by atoms with Gasteiger partial charge in [0.15, 0.2) is 10.9 Å². The summed E-state index contributed by atoms with van der Waals surface area (Å²) in [5.74, 6) is -1.30. The van der Waals surface area contributed by atoms with E-state index in [4.69, 9.17) is 4.98 Å². The maximum Gasteiger partial charge on any atom is 0.254 e. The van der Waals surface area contributed by atoms with Gasteiger partial charge in [0, 0.05) is 37.6 Å². The normalized spacial score (nSPS) is 14.3. The number of aromatic nitrogens is 2. The van der Waals surface area contributed by atoms with Gasteiger partial charge in [0.25, 0.3) is 5.91 Å². The minimum atomic E-state index is -0.655. The number of halogens is 2. The SMILES string of the molecule is O=C(c1cc(-c2cccs2)nc2ccccc12)N1CCN(c2nc3c(F)cc(F)cc3s2)CC1. The van der Waals surface area contributed by atoms with Crippen molar-refractivity contribution in [3.8, 4) is 10.6 Å². The largest absolute Gasteiger partial charge is 0.345 e. The molecule has 2 aromatic carbocycles. The Morgan fingerprint density at radius 3 is 2.56 bits per heavy atom. The van der Waals surface area contributed by atoms with Gasteiger partial charge in [0.2, 0.25) is 0 Å². The van der Waals surface area contributed by atoms with Crippen LogP contribution in [0.3, 0.4) is 0 Å². The lowest BCUT2D eigenvalue weighted by molar-refractivity contribution is 0.0748. The first-order chi connectivity index (χ1) is 16.6. The molecule has 1 aliphatic rings. The Labute approximate surface area is 201 Å². The van der Waals surface area contributed by atoms with E-state index in [9.17, 15) is 13.6 Å². The zero-order valence-electron chi connectivity index (χ0n) is 17.9. The maximum atomic E-state index is 14.1. The Kier molecular flexibility index (Phi) is 5.23. The van der Waals surface area contributed by atoms with E-state index in [1.807, 2.05) is 57.6 Å². The van der Waals surface area contributed by atoms with Gasteiger partial charge in [0.05, 0.1) is 26.4 Å². The van der Waals surface area contributed by atoms with E-state index in [1.54, 1.807) is 11.3 Å². The number of anilines is 1. The first-order valence-electron chi connectivity index (χ1n) is 10.8. The summed E-state index contributed by atoms with van der Waals surface area (Å²) in [5.41, 5.74) is 2.41. The summed E-state index contributed by atoms with van der Waals surface area (Å²) in [7, 11) is 0. The van der Waals surface area contributed by atoms with Crippen LogP contribution in [0.5, 0.6) is 0 Å². The molecular weight excluding hydrogens is 474 g/mol. The van der Waals surface area contributed by atoms with Crippen LogP contribution in [0.25, 0.3) is 31.7 Å². The molecule has 0 spiro atoms. The second kappa shape index (κ2) is 8.41. The Balaban J connectivity index is 1.26. The molecule has 5 aromatic rings. The molecule has 1 saturated heterocycles. The van der Waals surface area contributed by atoms with E-state index in [2.05, 4.69) is 4.98 Å². The highest BCUT2D eigenvalue weighted by atomic mass is 32.1. The van der Waals surface area contributed by atoms with Crippen LogP contribution in [-0.4, -0.2) is 47.0 Å². The molecule has 1 fully saturated rings. The fourth-order valence-corrected chi connectivity index (χ4v) is 6.00. The second-order valence-electron chi connectivity index (χ2n) is 8.06. The summed E-state index contributed by atoms with van der Waals surface area (Å²) in [6.45, 7) is 2.15. The van der Waals surface area contributed by atoms with Crippen LogP contribution in [0.2, 0.25) is 0 Å². The lowest BCUT2D eigenvalue weighted by atomic mass is 10.1. The number of thiazole rings is 1. The Hall–Kier alpha value is -3.43. The summed E-state index contributed by atoms with van der Waals surface area (Å²) < 4.78 is 28.1. The van der Waals surface area contributed by atoms with E-state index in [-0.39, 0.29) is 11.4 Å². The van der Waals surface area contributed by atoms with Crippen molar-refractivity contribution in [1.29, 1.82) is 0 Å². The smallest absolute Gasteiger partial charge is 0.254 e. The lowest BCUT2D eigenvalue weighted by Crippen LogP contribution is -2.48. The highest BCUT2D eigenvalue weighted by Gasteiger charge is 2.26. The van der Waals surface area contributed by atoms with Crippen molar-refractivity contribution in [2.45, 2.75) is 0 Å². The van der Waals surface area contributed by atoms with E-state index in [0.717, 1.165) is 27.5 Å². The molecule has 9 heteroatoms. The third-order valence-electron chi connectivity index (χ3n) is 5.96. The van der Waals surface area contributed by atoms with E-state index >= 15 is 0 Å². The number of fused-ring (bicyclic) bond motifs is 2. The van der Waals surface area contributed by atoms with Gasteiger partial charge in [-0.05, 0) is 29.6 Å². The summed E-state index contributed by atoms with van der Waals surface area (Å²) >= 11 is 2.86. The lowest BCUT2D eigenvalue weighted by Gasteiger charge is -2.34. The zero-order valence-corrected chi connectivity index (χ0v) is 19.5. The molecule has 1 aliphatic heterocycles. The minimum Gasteiger partial charge on any atom is -0.345 e. The van der Waals surface area contributed by atoms with Crippen LogP contribution in [0, 0.1) is 11.6 Å². The molecule has 34 heavy (non-hydrogen) atoms. The van der Waals surface area contributed by atoms with Gasteiger partial charge in [-0.15, -0.1) is 11.3 Å². The maximum absolute atomic E-state index is 14.1. The molecule has 0 bridgehead atoms. The van der Waals surface area contributed by atoms with Crippen molar-refractivity contribution in [2.75, 3.05) is 31.1 Å². The van der Waals surface area contributed by atoms with Crippen molar-refractivity contribution in [1.82, 2.24) is 14.9 Å². The van der Waals surface area contributed by atoms with Crippen LogP contribution in [0.1, 0.15) is 10.4 Å². The first-order valence-corrected chi connectivity index (χ1v) is 12.5. The molecule has 5 nitrogen and oxygen atoms in total. The number of amides is 1. The number of rotatable bonds is 3. The summed E-state index contributed by atoms with van der Waals surface area (Å²) in [6.07, 6.45) is 0. The summed E-state index contributed by atoms with van der Waals surface area (Å²) in [4.78, 5) is 27.6. The van der Waals surface area contributed by atoms with Gasteiger partial charge in [-0.25, -0.2) is 18.7 Å². The first kappa shape index (κ1) is 21.1. The molecular formula is C25H18F2N4OS2. The number of carbonyl (C=O) groups is 1. The van der Waals surface area contributed by atoms with Crippen LogP contribution in [0.15, 0.2) is 60.0 Å².